The van der Waals surface area contributed by atoms with Crippen molar-refractivity contribution < 1.29 is 48.9 Å². The summed E-state index contributed by atoms with van der Waals surface area (Å²) in [5.41, 5.74) is 27.6. The van der Waals surface area contributed by atoms with E-state index in [1.54, 1.807) is 17.5 Å². The van der Waals surface area contributed by atoms with Gasteiger partial charge in [0.2, 0.25) is 35.4 Å². The second-order valence-corrected chi connectivity index (χ2v) is 14.9. The van der Waals surface area contributed by atoms with Gasteiger partial charge in [0.1, 0.15) is 30.2 Å². The van der Waals surface area contributed by atoms with Crippen molar-refractivity contribution >= 4 is 64.7 Å². The Bertz CT molecular complexity index is 1650. The smallest absolute Gasteiger partial charge is 0.328 e. The first kappa shape index (κ1) is 46.8. The Kier molecular flexibility index (Phi) is 18.5. The fourth-order valence-electron chi connectivity index (χ4n) is 6.50. The Morgan fingerprint density at radius 2 is 1.53 bits per heavy atom. The van der Waals surface area contributed by atoms with Gasteiger partial charge in [0.25, 0.3) is 0 Å². The molecular formula is C34H55N13O10S. The maximum absolute atomic E-state index is 14.1. The third-order valence-corrected chi connectivity index (χ3v) is 10.3. The van der Waals surface area contributed by atoms with Gasteiger partial charge in [-0.1, -0.05) is 6.07 Å². The number of aliphatic imine (C=N–C) groups is 2. The summed E-state index contributed by atoms with van der Waals surface area (Å²) < 4.78 is 0. The number of carboxylic acid groups (broad SMARTS) is 1. The summed E-state index contributed by atoms with van der Waals surface area (Å²) in [4.78, 5) is 103. The number of aliphatic hydroxyl groups excluding tert-OH is 2. The highest BCUT2D eigenvalue weighted by molar-refractivity contribution is 7.09. The van der Waals surface area contributed by atoms with E-state index in [1.807, 2.05) is 0 Å². The summed E-state index contributed by atoms with van der Waals surface area (Å²) >= 11 is 1.29. The number of nitrogens with one attached hydrogen (secondary N) is 4. The second kappa shape index (κ2) is 23.0. The first-order valence-corrected chi connectivity index (χ1v) is 19.6. The molecule has 0 aliphatic carbocycles. The lowest BCUT2D eigenvalue weighted by atomic mass is 10.1. The topological polar surface area (TPSA) is 390 Å². The number of likely N-dealkylation sites (tertiary alicyclic amines) is 2. The lowest BCUT2D eigenvalue weighted by Gasteiger charge is -2.33. The largest absolute Gasteiger partial charge is 0.480 e. The van der Waals surface area contributed by atoms with Gasteiger partial charge in [-0.05, 0) is 50.0 Å². The Morgan fingerprint density at radius 3 is 2.14 bits per heavy atom. The lowest BCUT2D eigenvalue weighted by molar-refractivity contribution is -0.148. The molecule has 0 saturated carbocycles. The van der Waals surface area contributed by atoms with Crippen LogP contribution >= 0.6 is 11.3 Å². The number of hydrogen-bond acceptors (Lipinski definition) is 13. The zero-order valence-electron chi connectivity index (χ0n) is 32.0. The van der Waals surface area contributed by atoms with Gasteiger partial charge in [-0.3, -0.25) is 38.8 Å². The quantitative estimate of drug-likeness (QED) is 0.0294. The third-order valence-electron chi connectivity index (χ3n) is 9.41. The minimum absolute atomic E-state index is 0.0109. The number of hydrogen-bond donors (Lipinski definition) is 12. The molecule has 3 heterocycles. The van der Waals surface area contributed by atoms with E-state index in [2.05, 4.69) is 31.3 Å². The average molecular weight is 838 g/mol. The molecule has 2 aliphatic heterocycles. The van der Waals surface area contributed by atoms with Gasteiger partial charge in [-0.15, -0.1) is 11.3 Å². The van der Waals surface area contributed by atoms with E-state index in [1.165, 1.54) is 16.2 Å². The summed E-state index contributed by atoms with van der Waals surface area (Å²) in [6.45, 7) is -1.19. The first-order chi connectivity index (χ1) is 27.5. The van der Waals surface area contributed by atoms with Crippen LogP contribution < -0.4 is 49.9 Å². The zero-order chi connectivity index (χ0) is 42.9. The summed E-state index contributed by atoms with van der Waals surface area (Å²) in [6, 6.07) is -3.80. The number of nitrogens with zero attached hydrogens (tertiary/aromatic N) is 4. The summed E-state index contributed by atoms with van der Waals surface area (Å²) in [7, 11) is 0. The summed E-state index contributed by atoms with van der Waals surface area (Å²) in [5.74, 6) is -5.98. The van der Waals surface area contributed by atoms with E-state index in [0.29, 0.717) is 24.1 Å². The van der Waals surface area contributed by atoms with E-state index in [9.17, 15) is 48.9 Å². The molecule has 3 rings (SSSR count). The van der Waals surface area contributed by atoms with E-state index in [-0.39, 0.29) is 70.2 Å². The van der Waals surface area contributed by atoms with Crippen molar-refractivity contribution in [3.63, 3.8) is 0 Å². The number of β-amino-alcohol motifs (C(OH)–C–C–N with tert-alkyl or cyclic N) is 1. The van der Waals surface area contributed by atoms with Crippen LogP contribution in [-0.2, 0) is 40.0 Å². The predicted octanol–water partition coefficient (Wildman–Crippen LogP) is -5.67. The molecule has 0 bridgehead atoms. The number of rotatable bonds is 22. The van der Waals surface area contributed by atoms with Gasteiger partial charge in [-0.25, -0.2) is 4.79 Å². The number of thiophene rings is 1. The Hall–Kier alpha value is -5.59. The number of amides is 6. The van der Waals surface area contributed by atoms with Crippen molar-refractivity contribution in [2.24, 2.45) is 38.7 Å². The maximum Gasteiger partial charge on any atom is 0.328 e. The van der Waals surface area contributed by atoms with Crippen molar-refractivity contribution in [1.82, 2.24) is 31.1 Å². The highest BCUT2D eigenvalue weighted by Gasteiger charge is 2.45. The molecule has 23 nitrogen and oxygen atoms in total. The number of carboxylic acids is 1. The van der Waals surface area contributed by atoms with E-state index < -0.39 is 96.9 Å². The molecule has 7 atom stereocenters. The molecule has 322 valence electrons. The molecular weight excluding hydrogens is 783 g/mol. The van der Waals surface area contributed by atoms with Gasteiger partial charge in [0.15, 0.2) is 11.9 Å². The molecule has 1 aromatic heterocycles. The third kappa shape index (κ3) is 14.4. The number of nitrogens with two attached hydrogens (primary N) is 5. The minimum Gasteiger partial charge on any atom is -0.480 e. The van der Waals surface area contributed by atoms with Crippen molar-refractivity contribution in [3.05, 3.63) is 22.4 Å². The number of carbonyl (C=O) groups excluding carboxylic acids is 6. The van der Waals surface area contributed by atoms with Crippen molar-refractivity contribution in [2.45, 2.75) is 93.7 Å². The van der Waals surface area contributed by atoms with E-state index in [0.717, 1.165) is 4.90 Å². The summed E-state index contributed by atoms with van der Waals surface area (Å²) in [6.07, 6.45) is 0.407. The van der Waals surface area contributed by atoms with Crippen LogP contribution in [0, 0.1) is 0 Å². The standard InChI is InChI=1S/C34H55N13O10S/c35-20(6-1-9-40-33(36)37)27(51)44-21(7-2-10-41-34(38)39)30(54)46-11-3-8-24(46)31(55)47-16-18(49)13-25(47)29(53)42-15-26(50)43-22(14-19-5-4-12-58-19)28(52)45-23(17-48)32(56)57/h4-5,12,18,20-25,48-49H,1-3,6-11,13-17,35H2,(H,42,53)(H,43,50)(H,44,51)(H,45,52)(H,56,57)(H4,36,37,40)(H4,38,39,41)/t18-,20-,21+,22+,23+,24+,25+/m1/s1. The molecule has 2 fully saturated rings. The second-order valence-electron chi connectivity index (χ2n) is 13.9. The molecule has 2 saturated heterocycles. The van der Waals surface area contributed by atoms with Crippen LogP contribution in [0.4, 0.5) is 0 Å². The highest BCUT2D eigenvalue weighted by atomic mass is 32.1. The molecule has 0 spiro atoms. The monoisotopic (exact) mass is 837 g/mol. The number of carbonyl (C=O) groups is 7. The van der Waals surface area contributed by atoms with E-state index in [4.69, 9.17) is 28.7 Å². The normalized spacial score (nSPS) is 19.5. The van der Waals surface area contributed by atoms with Crippen LogP contribution in [-0.4, -0.2) is 160 Å². The minimum atomic E-state index is -1.61. The van der Waals surface area contributed by atoms with Crippen LogP contribution in [0.15, 0.2) is 27.5 Å². The van der Waals surface area contributed by atoms with Gasteiger partial charge in [0, 0.05) is 43.9 Å². The Morgan fingerprint density at radius 1 is 0.879 bits per heavy atom. The lowest BCUT2D eigenvalue weighted by Crippen LogP contribution is -2.58. The molecule has 0 aromatic carbocycles. The SMILES string of the molecule is NC(N)=NCCC[C@@H](N)C(=O)N[C@@H](CCCN=C(N)N)C(=O)N1CCC[C@H]1C(=O)N1C[C@H](O)C[C@H]1C(=O)NCC(=O)N[C@@H](Cc1cccs1)C(=O)N[C@@H](CO)C(=O)O. The Labute approximate surface area is 338 Å². The first-order valence-electron chi connectivity index (χ1n) is 18.7. The van der Waals surface area contributed by atoms with Crippen LogP contribution in [0.2, 0.25) is 0 Å². The van der Waals surface area contributed by atoms with Crippen LogP contribution in [0.3, 0.4) is 0 Å². The number of guanidine groups is 2. The van der Waals surface area contributed by atoms with E-state index >= 15 is 0 Å². The predicted molar refractivity (Wildman–Crippen MR) is 210 cm³/mol. The molecule has 17 N–H and O–H groups in total. The zero-order valence-corrected chi connectivity index (χ0v) is 32.8. The highest BCUT2D eigenvalue weighted by Crippen LogP contribution is 2.26. The molecule has 6 amide bonds. The molecule has 24 heteroatoms. The molecule has 2 aliphatic rings. The average Bonchev–Trinajstić information content (AvgIpc) is 3.96. The van der Waals surface area contributed by atoms with Crippen molar-refractivity contribution in [1.29, 1.82) is 0 Å². The molecule has 58 heavy (non-hydrogen) atoms. The summed E-state index contributed by atoms with van der Waals surface area (Å²) in [5, 5.41) is 40.6. The van der Waals surface area contributed by atoms with Gasteiger partial charge < -0.3 is 75.1 Å². The van der Waals surface area contributed by atoms with Crippen LogP contribution in [0.5, 0.6) is 0 Å². The van der Waals surface area contributed by atoms with Crippen molar-refractivity contribution in [2.75, 3.05) is 39.3 Å². The Balaban J connectivity index is 1.68. The fourth-order valence-corrected chi connectivity index (χ4v) is 7.25. The molecule has 0 radical (unpaired) electrons. The molecule has 1 aromatic rings. The van der Waals surface area contributed by atoms with Gasteiger partial charge >= 0.3 is 5.97 Å². The van der Waals surface area contributed by atoms with Crippen LogP contribution in [0.25, 0.3) is 0 Å². The maximum atomic E-state index is 14.1. The molecule has 0 unspecified atom stereocenters. The van der Waals surface area contributed by atoms with Gasteiger partial charge in [0.05, 0.1) is 25.3 Å². The fraction of sp³-hybridized carbons (Fsp3) is 0.618. The number of aliphatic hydroxyl groups is 2. The van der Waals surface area contributed by atoms with Crippen molar-refractivity contribution in [3.8, 4) is 0 Å². The van der Waals surface area contributed by atoms with Crippen LogP contribution in [0.1, 0.15) is 49.8 Å². The number of aliphatic carboxylic acids is 1. The van der Waals surface area contributed by atoms with Gasteiger partial charge in [-0.2, -0.15) is 0 Å².